The van der Waals surface area contributed by atoms with Crippen LogP contribution in [0.4, 0.5) is 28.4 Å². The molecule has 0 amide bonds. The van der Waals surface area contributed by atoms with E-state index in [0.29, 0.717) is 0 Å². The lowest BCUT2D eigenvalue weighted by Crippen LogP contribution is -2.19. The van der Waals surface area contributed by atoms with E-state index in [1.54, 1.807) is 0 Å². The maximum atomic E-state index is 5.40. The summed E-state index contributed by atoms with van der Waals surface area (Å²) in [6.07, 6.45) is 12.4. The van der Waals surface area contributed by atoms with Gasteiger partial charge >= 0.3 is 0 Å². The Morgan fingerprint density at radius 2 is 1.08 bits per heavy atom. The molecule has 0 aromatic heterocycles. The molecule has 5 aromatic carbocycles. The van der Waals surface area contributed by atoms with Crippen LogP contribution in [-0.2, 0) is 18.3 Å². The van der Waals surface area contributed by atoms with Crippen molar-refractivity contribution in [2.45, 2.75) is 71.6 Å². The third-order valence-electron chi connectivity index (χ3n) is 9.97. The first-order valence-corrected chi connectivity index (χ1v) is 17.9. The standard InChI is InChI=1S/C48H46N2.8H2/c1-7-10-13-14-33-48(5)46-34-36(4)17-31-44(46)45-32-30-43(35-47(45)48)50(41-24-20-38(21-25-41)16-12-9-3)42-28-26-40(27-29-42)49(6)39-22-18-37(19-23-39)15-11-8-2;;;;;;;;/h1,17-32,34-35H,8-9,11-12,15-16H2,2-6H3;8*1H. The first kappa shape index (κ1) is 34.3. The van der Waals surface area contributed by atoms with E-state index in [4.69, 9.17) is 6.42 Å². The van der Waals surface area contributed by atoms with Gasteiger partial charge in [-0.15, -0.1) is 6.42 Å². The summed E-state index contributed by atoms with van der Waals surface area (Å²) >= 11 is 0. The zero-order valence-electron chi connectivity index (χ0n) is 30.1. The molecule has 0 N–H and O–H groups in total. The Bertz CT molecular complexity index is 2160. The fraction of sp³-hybridized carbons (Fsp3) is 0.250. The van der Waals surface area contributed by atoms with Gasteiger partial charge in [0.05, 0.1) is 5.41 Å². The second-order valence-electron chi connectivity index (χ2n) is 13.5. The van der Waals surface area contributed by atoms with Crippen molar-refractivity contribution in [2.24, 2.45) is 0 Å². The largest absolute Gasteiger partial charge is 0.345 e. The average Bonchev–Trinajstić information content (AvgIpc) is 3.39. The summed E-state index contributed by atoms with van der Waals surface area (Å²) in [6, 6.07) is 40.4. The number of benzene rings is 5. The topological polar surface area (TPSA) is 6.48 Å². The Morgan fingerprint density at radius 1 is 0.600 bits per heavy atom. The Kier molecular flexibility index (Phi) is 10.5. The van der Waals surface area contributed by atoms with Gasteiger partial charge < -0.3 is 9.80 Å². The molecule has 1 aliphatic carbocycles. The number of nitrogens with zero attached hydrogens (tertiary/aromatic N) is 2. The van der Waals surface area contributed by atoms with E-state index in [2.05, 4.69) is 183 Å². The van der Waals surface area contributed by atoms with Crippen LogP contribution in [0.3, 0.4) is 0 Å². The Balaban J connectivity index is -0.00000378. The Labute approximate surface area is 312 Å². The van der Waals surface area contributed by atoms with Crippen molar-refractivity contribution in [3.8, 4) is 47.2 Å². The molecule has 2 heteroatoms. The Morgan fingerprint density at radius 3 is 1.64 bits per heavy atom. The number of rotatable bonds is 11. The average molecular weight is 667 g/mol. The zero-order chi connectivity index (χ0) is 35.1. The van der Waals surface area contributed by atoms with Gasteiger partial charge in [0.15, 0.2) is 0 Å². The lowest BCUT2D eigenvalue weighted by Gasteiger charge is -2.28. The number of fused-ring (bicyclic) bond motifs is 3. The summed E-state index contributed by atoms with van der Waals surface area (Å²) in [7, 11) is 2.14. The van der Waals surface area contributed by atoms with Crippen LogP contribution in [0.5, 0.6) is 0 Å². The molecule has 0 radical (unpaired) electrons. The van der Waals surface area contributed by atoms with Gasteiger partial charge in [0.1, 0.15) is 0 Å². The highest BCUT2D eigenvalue weighted by Gasteiger charge is 2.39. The lowest BCUT2D eigenvalue weighted by atomic mass is 9.80. The van der Waals surface area contributed by atoms with E-state index >= 15 is 0 Å². The van der Waals surface area contributed by atoms with Crippen LogP contribution < -0.4 is 9.80 Å². The number of terminal acetylenes is 1. The fourth-order valence-electron chi connectivity index (χ4n) is 7.01. The third kappa shape index (κ3) is 7.06. The van der Waals surface area contributed by atoms with Crippen LogP contribution in [-0.4, -0.2) is 7.05 Å². The van der Waals surface area contributed by atoms with E-state index in [0.717, 1.165) is 35.6 Å². The van der Waals surface area contributed by atoms with E-state index < -0.39 is 5.41 Å². The van der Waals surface area contributed by atoms with Crippen molar-refractivity contribution < 1.29 is 11.4 Å². The van der Waals surface area contributed by atoms with Gasteiger partial charge in [-0.25, -0.2) is 0 Å². The van der Waals surface area contributed by atoms with E-state index in [1.165, 1.54) is 70.3 Å². The molecule has 0 saturated heterocycles. The molecule has 6 rings (SSSR count). The summed E-state index contributed by atoms with van der Waals surface area (Å²) in [6.45, 7) is 8.83. The van der Waals surface area contributed by atoms with Gasteiger partial charge in [0.25, 0.3) is 0 Å². The summed E-state index contributed by atoms with van der Waals surface area (Å²) in [4.78, 5) is 4.61. The van der Waals surface area contributed by atoms with Gasteiger partial charge in [-0.05, 0) is 157 Å². The molecule has 0 bridgehead atoms. The smallest absolute Gasteiger partial charge is 0.0806 e. The Hall–Kier alpha value is -5.62. The minimum atomic E-state index is -0.537. The molecule has 0 fully saturated rings. The second kappa shape index (κ2) is 15.3. The van der Waals surface area contributed by atoms with Crippen LogP contribution in [0.15, 0.2) is 109 Å². The van der Waals surface area contributed by atoms with Crippen molar-refractivity contribution in [3.63, 3.8) is 0 Å². The molecule has 1 unspecified atom stereocenters. The lowest BCUT2D eigenvalue weighted by molar-refractivity contribution is 0.777. The predicted octanol–water partition coefficient (Wildman–Crippen LogP) is 13.8. The molecule has 0 aliphatic heterocycles. The molecule has 0 heterocycles. The third-order valence-corrected chi connectivity index (χ3v) is 9.97. The van der Waals surface area contributed by atoms with Gasteiger partial charge in [-0.1, -0.05) is 86.7 Å². The minimum Gasteiger partial charge on any atom is -0.345 e. The second-order valence-corrected chi connectivity index (χ2v) is 13.5. The highest BCUT2D eigenvalue weighted by molar-refractivity contribution is 5.87. The summed E-state index contributed by atoms with van der Waals surface area (Å²) in [5, 5.41) is 0. The SMILES string of the molecule is C#CC#CC#CC1(C)c2cc(C)ccc2-c2ccc(N(c3ccc(CCCC)cc3)c3ccc(N(C)c4ccc(CCCC)cc4)cc3)cc21.[HH].[HH].[HH].[HH].[HH].[HH].[HH].[HH]. The number of hydrogen-bond donors (Lipinski definition) is 0. The summed E-state index contributed by atoms with van der Waals surface area (Å²) in [5.74, 6) is 14.5. The van der Waals surface area contributed by atoms with E-state index in [-0.39, 0.29) is 11.4 Å². The molecular weight excluding hydrogens is 605 g/mol. The molecule has 5 aromatic rings. The van der Waals surface area contributed by atoms with Crippen molar-refractivity contribution in [1.82, 2.24) is 0 Å². The summed E-state index contributed by atoms with van der Waals surface area (Å²) in [5.41, 5.74) is 13.9. The maximum absolute atomic E-state index is 5.40. The minimum absolute atomic E-state index is 0. The van der Waals surface area contributed by atoms with Gasteiger partial charge in [0.2, 0.25) is 0 Å². The molecular formula is C48H62N2. The van der Waals surface area contributed by atoms with Gasteiger partial charge in [0, 0.05) is 46.9 Å². The molecule has 0 spiro atoms. The highest BCUT2D eigenvalue weighted by atomic mass is 15.1. The number of unbranched alkanes of at least 4 members (excludes halogenated alkanes) is 2. The van der Waals surface area contributed by atoms with Crippen LogP contribution in [0.2, 0.25) is 0 Å². The normalized spacial score (nSPS) is 13.9. The molecule has 1 atom stereocenters. The van der Waals surface area contributed by atoms with Crippen LogP contribution in [0, 0.1) is 42.9 Å². The number of anilines is 5. The van der Waals surface area contributed by atoms with Crippen molar-refractivity contribution >= 4 is 28.4 Å². The van der Waals surface area contributed by atoms with Crippen LogP contribution >= 0.6 is 0 Å². The molecule has 50 heavy (non-hydrogen) atoms. The van der Waals surface area contributed by atoms with Crippen molar-refractivity contribution in [1.29, 1.82) is 0 Å². The predicted molar refractivity (Wildman–Crippen MR) is 231 cm³/mol. The highest BCUT2D eigenvalue weighted by Crippen LogP contribution is 2.51. The first-order valence-electron chi connectivity index (χ1n) is 17.9. The molecule has 2 nitrogen and oxygen atoms in total. The number of aryl methyl sites for hydroxylation is 3. The van der Waals surface area contributed by atoms with Crippen LogP contribution in [0.1, 0.15) is 85.7 Å². The van der Waals surface area contributed by atoms with Crippen molar-refractivity contribution in [2.75, 3.05) is 16.8 Å². The van der Waals surface area contributed by atoms with E-state index in [1.807, 2.05) is 0 Å². The zero-order valence-corrected chi connectivity index (χ0v) is 30.1. The van der Waals surface area contributed by atoms with Gasteiger partial charge in [-0.3, -0.25) is 0 Å². The molecule has 0 saturated carbocycles. The summed E-state index contributed by atoms with van der Waals surface area (Å²) < 4.78 is 0. The van der Waals surface area contributed by atoms with E-state index in [9.17, 15) is 0 Å². The maximum Gasteiger partial charge on any atom is 0.0806 e. The molecule has 1 aliphatic rings. The first-order chi connectivity index (χ1) is 24.4. The van der Waals surface area contributed by atoms with Crippen molar-refractivity contribution in [3.05, 3.63) is 137 Å². The fourth-order valence-corrected chi connectivity index (χ4v) is 7.01. The molecule has 264 valence electrons. The number of hydrogen-bond acceptors (Lipinski definition) is 2. The van der Waals surface area contributed by atoms with Crippen LogP contribution in [0.25, 0.3) is 11.1 Å². The van der Waals surface area contributed by atoms with Gasteiger partial charge in [-0.2, -0.15) is 0 Å². The quantitative estimate of drug-likeness (QED) is 0.129. The monoisotopic (exact) mass is 666 g/mol.